The first-order valence-electron chi connectivity index (χ1n) is 9.50. The largest absolute Gasteiger partial charge is 0.385 e. The van der Waals surface area contributed by atoms with Crippen molar-refractivity contribution in [3.63, 3.8) is 0 Å². The molecule has 0 fully saturated rings. The highest BCUT2D eigenvalue weighted by Gasteiger charge is 2.08. The number of hydrogen-bond acceptors (Lipinski definition) is 5. The van der Waals surface area contributed by atoms with Crippen LogP contribution < -0.4 is 16.0 Å². The number of benzene rings is 2. The first-order valence-corrected chi connectivity index (χ1v) is 9.50. The predicted octanol–water partition coefficient (Wildman–Crippen LogP) is 3.70. The maximum absolute atomic E-state index is 12.0. The van der Waals surface area contributed by atoms with E-state index in [1.807, 2.05) is 38.1 Å². The Morgan fingerprint density at radius 3 is 2.45 bits per heavy atom. The van der Waals surface area contributed by atoms with E-state index >= 15 is 0 Å². The van der Waals surface area contributed by atoms with E-state index < -0.39 is 4.92 Å². The van der Waals surface area contributed by atoms with Crippen LogP contribution in [-0.2, 0) is 16.1 Å². The van der Waals surface area contributed by atoms with E-state index in [-0.39, 0.29) is 23.4 Å². The second-order valence-corrected chi connectivity index (χ2v) is 6.96. The van der Waals surface area contributed by atoms with Gasteiger partial charge in [-0.3, -0.25) is 19.7 Å². The van der Waals surface area contributed by atoms with Crippen molar-refractivity contribution in [1.29, 1.82) is 0 Å². The summed E-state index contributed by atoms with van der Waals surface area (Å²) >= 11 is 0. The molecular formula is C21H26N4O4. The van der Waals surface area contributed by atoms with Gasteiger partial charge in [-0.2, -0.15) is 0 Å². The Balaban J connectivity index is 1.69. The van der Waals surface area contributed by atoms with E-state index in [0.717, 1.165) is 11.3 Å². The highest BCUT2D eigenvalue weighted by atomic mass is 16.6. The molecule has 0 heterocycles. The van der Waals surface area contributed by atoms with E-state index in [1.54, 1.807) is 12.1 Å². The third kappa shape index (κ3) is 7.61. The molecule has 0 bridgehead atoms. The lowest BCUT2D eigenvalue weighted by atomic mass is 10.1. The molecule has 2 aromatic rings. The standard InChI is InChI=1S/C21H26N4O4/c1-15(2)21(27)24-18-6-3-5-16(13-18)14-23-20(26)7-4-12-22-17-8-10-19(11-9-17)25(28)29/h3,5-6,8-11,13,15,22H,4,7,12,14H2,1-2H3,(H,23,26)(H,24,27). The molecule has 0 aliphatic heterocycles. The van der Waals surface area contributed by atoms with Crippen molar-refractivity contribution >= 4 is 28.9 Å². The minimum Gasteiger partial charge on any atom is -0.385 e. The van der Waals surface area contributed by atoms with Crippen LogP contribution in [0.1, 0.15) is 32.3 Å². The number of non-ortho nitro benzene ring substituents is 1. The summed E-state index contributed by atoms with van der Waals surface area (Å²) in [6.45, 7) is 4.63. The maximum Gasteiger partial charge on any atom is 0.269 e. The predicted molar refractivity (Wildman–Crippen MR) is 113 cm³/mol. The lowest BCUT2D eigenvalue weighted by Gasteiger charge is -2.10. The van der Waals surface area contributed by atoms with Crippen molar-refractivity contribution in [1.82, 2.24) is 5.32 Å². The van der Waals surface area contributed by atoms with E-state index in [9.17, 15) is 19.7 Å². The fourth-order valence-corrected chi connectivity index (χ4v) is 2.52. The Kier molecular flexibility index (Phi) is 8.14. The van der Waals surface area contributed by atoms with Crippen LogP contribution in [0, 0.1) is 16.0 Å². The number of anilines is 2. The van der Waals surface area contributed by atoms with Crippen LogP contribution in [0.3, 0.4) is 0 Å². The van der Waals surface area contributed by atoms with Gasteiger partial charge in [-0.1, -0.05) is 26.0 Å². The van der Waals surface area contributed by atoms with Gasteiger partial charge < -0.3 is 16.0 Å². The Labute approximate surface area is 169 Å². The Morgan fingerprint density at radius 1 is 1.07 bits per heavy atom. The van der Waals surface area contributed by atoms with Crippen LogP contribution >= 0.6 is 0 Å². The molecule has 2 rings (SSSR count). The van der Waals surface area contributed by atoms with Crippen molar-refractivity contribution in [3.8, 4) is 0 Å². The van der Waals surface area contributed by atoms with Crippen LogP contribution in [0.4, 0.5) is 17.1 Å². The summed E-state index contributed by atoms with van der Waals surface area (Å²) in [5.74, 6) is -0.211. The summed E-state index contributed by atoms with van der Waals surface area (Å²) in [6.07, 6.45) is 0.997. The summed E-state index contributed by atoms with van der Waals surface area (Å²) in [7, 11) is 0. The number of nitro groups is 1. The lowest BCUT2D eigenvalue weighted by molar-refractivity contribution is -0.384. The maximum atomic E-state index is 12.0. The average Bonchev–Trinajstić information content (AvgIpc) is 2.70. The van der Waals surface area contributed by atoms with Crippen LogP contribution in [0.2, 0.25) is 0 Å². The topological polar surface area (TPSA) is 113 Å². The van der Waals surface area contributed by atoms with Gasteiger partial charge in [-0.25, -0.2) is 0 Å². The molecule has 0 aliphatic carbocycles. The fourth-order valence-electron chi connectivity index (χ4n) is 2.52. The molecule has 3 N–H and O–H groups in total. The minimum absolute atomic E-state index is 0.0442. The summed E-state index contributed by atoms with van der Waals surface area (Å²) in [5.41, 5.74) is 2.44. The Morgan fingerprint density at radius 2 is 1.79 bits per heavy atom. The zero-order valence-corrected chi connectivity index (χ0v) is 16.6. The fraction of sp³-hybridized carbons (Fsp3) is 0.333. The van der Waals surface area contributed by atoms with Crippen molar-refractivity contribution in [2.45, 2.75) is 33.2 Å². The zero-order chi connectivity index (χ0) is 21.2. The van der Waals surface area contributed by atoms with Gasteiger partial charge in [0.25, 0.3) is 5.69 Å². The summed E-state index contributed by atoms with van der Waals surface area (Å²) in [6, 6.07) is 13.5. The molecule has 0 radical (unpaired) electrons. The number of carbonyl (C=O) groups is 2. The second kappa shape index (κ2) is 10.8. The van der Waals surface area contributed by atoms with E-state index in [2.05, 4.69) is 16.0 Å². The van der Waals surface area contributed by atoms with Crippen molar-refractivity contribution < 1.29 is 14.5 Å². The van der Waals surface area contributed by atoms with Gasteiger partial charge in [-0.05, 0) is 36.2 Å². The van der Waals surface area contributed by atoms with Gasteiger partial charge in [0.1, 0.15) is 0 Å². The Hall–Kier alpha value is -3.42. The summed E-state index contributed by atoms with van der Waals surface area (Å²) < 4.78 is 0. The van der Waals surface area contributed by atoms with Gasteiger partial charge in [0, 0.05) is 48.9 Å². The number of carbonyl (C=O) groups excluding carboxylic acids is 2. The zero-order valence-electron chi connectivity index (χ0n) is 16.6. The number of hydrogen-bond donors (Lipinski definition) is 3. The molecule has 0 saturated heterocycles. The van der Waals surface area contributed by atoms with Gasteiger partial charge in [-0.15, -0.1) is 0 Å². The first kappa shape index (κ1) is 21.9. The summed E-state index contributed by atoms with van der Waals surface area (Å²) in [4.78, 5) is 34.0. The van der Waals surface area contributed by atoms with E-state index in [0.29, 0.717) is 31.6 Å². The molecule has 2 aromatic carbocycles. The molecule has 0 aromatic heterocycles. The highest BCUT2D eigenvalue weighted by Crippen LogP contribution is 2.15. The average molecular weight is 398 g/mol. The van der Waals surface area contributed by atoms with Crippen LogP contribution in [0.25, 0.3) is 0 Å². The lowest BCUT2D eigenvalue weighted by Crippen LogP contribution is -2.23. The molecule has 0 unspecified atom stereocenters. The third-order valence-electron chi connectivity index (χ3n) is 4.20. The number of amides is 2. The molecule has 8 heteroatoms. The van der Waals surface area contributed by atoms with Gasteiger partial charge >= 0.3 is 0 Å². The number of nitrogens with one attached hydrogen (secondary N) is 3. The molecule has 0 saturated carbocycles. The minimum atomic E-state index is -0.442. The van der Waals surface area contributed by atoms with Crippen molar-refractivity contribution in [3.05, 3.63) is 64.2 Å². The number of nitrogens with zero attached hydrogens (tertiary/aromatic N) is 1. The van der Waals surface area contributed by atoms with Gasteiger partial charge in [0.15, 0.2) is 0 Å². The SMILES string of the molecule is CC(C)C(=O)Nc1cccc(CNC(=O)CCCNc2ccc([N+](=O)[O-])cc2)c1. The normalized spacial score (nSPS) is 10.4. The highest BCUT2D eigenvalue weighted by molar-refractivity contribution is 5.92. The van der Waals surface area contributed by atoms with Crippen molar-refractivity contribution in [2.24, 2.45) is 5.92 Å². The Bertz CT molecular complexity index is 850. The molecular weight excluding hydrogens is 372 g/mol. The number of rotatable bonds is 10. The van der Waals surface area contributed by atoms with Crippen molar-refractivity contribution in [2.75, 3.05) is 17.2 Å². The third-order valence-corrected chi connectivity index (χ3v) is 4.20. The molecule has 0 spiro atoms. The van der Waals surface area contributed by atoms with E-state index in [4.69, 9.17) is 0 Å². The van der Waals surface area contributed by atoms with Gasteiger partial charge in [0.05, 0.1) is 4.92 Å². The quantitative estimate of drug-likeness (QED) is 0.321. The second-order valence-electron chi connectivity index (χ2n) is 6.96. The monoisotopic (exact) mass is 398 g/mol. The van der Waals surface area contributed by atoms with Crippen LogP contribution in [0.15, 0.2) is 48.5 Å². The molecule has 154 valence electrons. The van der Waals surface area contributed by atoms with Gasteiger partial charge in [0.2, 0.25) is 11.8 Å². The molecule has 0 atom stereocenters. The summed E-state index contributed by atoms with van der Waals surface area (Å²) in [5, 5.41) is 19.5. The van der Waals surface area contributed by atoms with Crippen LogP contribution in [-0.4, -0.2) is 23.3 Å². The smallest absolute Gasteiger partial charge is 0.269 e. The number of nitro benzene ring substituents is 1. The molecule has 29 heavy (non-hydrogen) atoms. The molecule has 2 amide bonds. The van der Waals surface area contributed by atoms with E-state index in [1.165, 1.54) is 12.1 Å². The molecule has 8 nitrogen and oxygen atoms in total. The first-order chi connectivity index (χ1) is 13.8. The molecule has 0 aliphatic rings. The van der Waals surface area contributed by atoms with Crippen LogP contribution in [0.5, 0.6) is 0 Å².